The number of rotatable bonds is 10. The van der Waals surface area contributed by atoms with Gasteiger partial charge in [-0.1, -0.05) is 26.0 Å². The van der Waals surface area contributed by atoms with E-state index in [0.29, 0.717) is 12.0 Å². The van der Waals surface area contributed by atoms with Crippen LogP contribution in [-0.2, 0) is 11.2 Å². The number of nitrogens with zero attached hydrogens (tertiary/aromatic N) is 2. The molecule has 6 nitrogen and oxygen atoms in total. The summed E-state index contributed by atoms with van der Waals surface area (Å²) in [6.45, 7) is 12.9. The van der Waals surface area contributed by atoms with Gasteiger partial charge in [0, 0.05) is 32.2 Å². The summed E-state index contributed by atoms with van der Waals surface area (Å²) < 4.78 is 10.8. The van der Waals surface area contributed by atoms with E-state index in [0.717, 1.165) is 70.5 Å². The molecule has 7 heteroatoms. The predicted molar refractivity (Wildman–Crippen MR) is 132 cm³/mol. The average Bonchev–Trinajstić information content (AvgIpc) is 2.72. The smallest absolute Gasteiger partial charge is 0.191 e. The Kier molecular flexibility index (Phi) is 13.3. The van der Waals surface area contributed by atoms with Crippen LogP contribution in [0.25, 0.3) is 0 Å². The Morgan fingerprint density at radius 3 is 2.66 bits per heavy atom. The molecule has 1 saturated heterocycles. The summed E-state index contributed by atoms with van der Waals surface area (Å²) in [4.78, 5) is 7.39. The number of aliphatic imine (C=N–C) groups is 1. The third-order valence-electron chi connectivity index (χ3n) is 5.13. The van der Waals surface area contributed by atoms with Crippen molar-refractivity contribution in [2.45, 2.75) is 39.7 Å². The number of guanidine groups is 1. The Bertz CT molecular complexity index is 592. The van der Waals surface area contributed by atoms with E-state index in [2.05, 4.69) is 48.4 Å². The third-order valence-corrected chi connectivity index (χ3v) is 5.13. The van der Waals surface area contributed by atoms with Crippen molar-refractivity contribution in [2.24, 2.45) is 10.9 Å². The fourth-order valence-corrected chi connectivity index (χ4v) is 3.51. The molecule has 1 aliphatic heterocycles. The zero-order valence-electron chi connectivity index (χ0n) is 18.4. The van der Waals surface area contributed by atoms with Crippen molar-refractivity contribution in [3.05, 3.63) is 29.8 Å². The molecule has 0 spiro atoms. The standard InChI is InChI=1S/C22H38N4O2.HI/c1-5-23-22(24-11-7-9-19-8-6-10-20(16-19)27-4)25-17-21(18(2)3)26-12-14-28-15-13-26;/h6,8,10,16,18,21H,5,7,9,11-15,17H2,1-4H3,(H2,23,24,25);1H. The van der Waals surface area contributed by atoms with Crippen molar-refractivity contribution < 1.29 is 9.47 Å². The molecule has 1 unspecified atom stereocenters. The molecular formula is C22H39IN4O2. The lowest BCUT2D eigenvalue weighted by molar-refractivity contribution is 0.00867. The van der Waals surface area contributed by atoms with Gasteiger partial charge < -0.3 is 20.1 Å². The first kappa shape index (κ1) is 26.0. The number of aryl methyl sites for hydroxylation is 1. The van der Waals surface area contributed by atoms with E-state index in [1.165, 1.54) is 5.56 Å². The Morgan fingerprint density at radius 2 is 2.00 bits per heavy atom. The molecule has 166 valence electrons. The van der Waals surface area contributed by atoms with Gasteiger partial charge in [0.15, 0.2) is 5.96 Å². The molecule has 0 bridgehead atoms. The average molecular weight is 518 g/mol. The molecule has 2 N–H and O–H groups in total. The normalized spacial score (nSPS) is 16.2. The Hall–Kier alpha value is -1.06. The predicted octanol–water partition coefficient (Wildman–Crippen LogP) is 3.16. The maximum Gasteiger partial charge on any atom is 0.191 e. The number of ether oxygens (including phenoxy) is 2. The molecule has 1 aliphatic rings. The second kappa shape index (κ2) is 14.8. The van der Waals surface area contributed by atoms with E-state index in [9.17, 15) is 0 Å². The minimum Gasteiger partial charge on any atom is -0.497 e. The Morgan fingerprint density at radius 1 is 1.24 bits per heavy atom. The van der Waals surface area contributed by atoms with Crippen LogP contribution in [0.1, 0.15) is 32.8 Å². The van der Waals surface area contributed by atoms with Crippen molar-refractivity contribution in [2.75, 3.05) is 53.0 Å². The quantitative estimate of drug-likeness (QED) is 0.216. The molecule has 0 radical (unpaired) electrons. The fourth-order valence-electron chi connectivity index (χ4n) is 3.51. The molecule has 1 atom stereocenters. The maximum atomic E-state index is 5.50. The molecule has 0 aromatic heterocycles. The molecule has 1 fully saturated rings. The van der Waals surface area contributed by atoms with Crippen LogP contribution in [0.15, 0.2) is 29.3 Å². The van der Waals surface area contributed by atoms with E-state index >= 15 is 0 Å². The van der Waals surface area contributed by atoms with Gasteiger partial charge in [-0.15, -0.1) is 24.0 Å². The topological polar surface area (TPSA) is 58.1 Å². The van der Waals surface area contributed by atoms with Crippen LogP contribution in [0.2, 0.25) is 0 Å². The van der Waals surface area contributed by atoms with Crippen molar-refractivity contribution in [1.29, 1.82) is 0 Å². The first-order valence-corrected chi connectivity index (χ1v) is 10.6. The first-order valence-electron chi connectivity index (χ1n) is 10.6. The van der Waals surface area contributed by atoms with E-state index in [1.807, 2.05) is 12.1 Å². The highest BCUT2D eigenvalue weighted by atomic mass is 127. The van der Waals surface area contributed by atoms with Crippen LogP contribution in [0.3, 0.4) is 0 Å². The van der Waals surface area contributed by atoms with E-state index in [-0.39, 0.29) is 24.0 Å². The second-order valence-electron chi connectivity index (χ2n) is 7.56. The van der Waals surface area contributed by atoms with E-state index in [1.54, 1.807) is 7.11 Å². The molecule has 0 amide bonds. The SMILES string of the molecule is CCNC(=NCC(C(C)C)N1CCOCC1)NCCCc1cccc(OC)c1.I. The van der Waals surface area contributed by atoms with Crippen LogP contribution in [-0.4, -0.2) is 69.9 Å². The number of morpholine rings is 1. The Labute approximate surface area is 193 Å². The third kappa shape index (κ3) is 9.53. The van der Waals surface area contributed by atoms with Gasteiger partial charge in [0.1, 0.15) is 5.75 Å². The number of hydrogen-bond donors (Lipinski definition) is 2. The summed E-state index contributed by atoms with van der Waals surface area (Å²) in [6.07, 6.45) is 2.07. The van der Waals surface area contributed by atoms with E-state index in [4.69, 9.17) is 14.5 Å². The van der Waals surface area contributed by atoms with Crippen molar-refractivity contribution in [1.82, 2.24) is 15.5 Å². The molecular weight excluding hydrogens is 479 g/mol. The molecule has 2 rings (SSSR count). The highest BCUT2D eigenvalue weighted by Gasteiger charge is 2.23. The summed E-state index contributed by atoms with van der Waals surface area (Å²) in [5.74, 6) is 2.40. The lowest BCUT2D eigenvalue weighted by Gasteiger charge is -2.36. The van der Waals surface area contributed by atoms with Crippen molar-refractivity contribution in [3.8, 4) is 5.75 Å². The summed E-state index contributed by atoms with van der Waals surface area (Å²) >= 11 is 0. The summed E-state index contributed by atoms with van der Waals surface area (Å²) in [7, 11) is 1.71. The van der Waals surface area contributed by atoms with Gasteiger partial charge in [-0.2, -0.15) is 0 Å². The summed E-state index contributed by atoms with van der Waals surface area (Å²) in [6, 6.07) is 8.74. The maximum absolute atomic E-state index is 5.50. The lowest BCUT2D eigenvalue weighted by atomic mass is 10.0. The van der Waals surface area contributed by atoms with E-state index < -0.39 is 0 Å². The number of hydrogen-bond acceptors (Lipinski definition) is 4. The van der Waals surface area contributed by atoms with Gasteiger partial charge in [-0.3, -0.25) is 9.89 Å². The first-order chi connectivity index (χ1) is 13.6. The molecule has 29 heavy (non-hydrogen) atoms. The summed E-state index contributed by atoms with van der Waals surface area (Å²) in [5, 5.41) is 6.85. The van der Waals surface area contributed by atoms with Gasteiger partial charge in [0.25, 0.3) is 0 Å². The van der Waals surface area contributed by atoms with Gasteiger partial charge >= 0.3 is 0 Å². The van der Waals surface area contributed by atoms with Gasteiger partial charge in [-0.05, 0) is 43.4 Å². The number of methoxy groups -OCH3 is 1. The van der Waals surface area contributed by atoms with Crippen molar-refractivity contribution in [3.63, 3.8) is 0 Å². The fraction of sp³-hybridized carbons (Fsp3) is 0.682. The van der Waals surface area contributed by atoms with Crippen LogP contribution >= 0.6 is 24.0 Å². The molecule has 0 aliphatic carbocycles. The zero-order valence-corrected chi connectivity index (χ0v) is 20.8. The number of benzene rings is 1. The number of halogens is 1. The van der Waals surface area contributed by atoms with Crippen molar-refractivity contribution >= 4 is 29.9 Å². The minimum atomic E-state index is 0. The molecule has 1 aromatic rings. The molecule has 1 aromatic carbocycles. The van der Waals surface area contributed by atoms with Crippen LogP contribution in [0.4, 0.5) is 0 Å². The Balaban J connectivity index is 0.00000420. The monoisotopic (exact) mass is 518 g/mol. The van der Waals surface area contributed by atoms with Crippen LogP contribution in [0, 0.1) is 5.92 Å². The van der Waals surface area contributed by atoms with Gasteiger partial charge in [0.2, 0.25) is 0 Å². The molecule has 0 saturated carbocycles. The minimum absolute atomic E-state index is 0. The largest absolute Gasteiger partial charge is 0.497 e. The summed E-state index contributed by atoms with van der Waals surface area (Å²) in [5.41, 5.74) is 1.30. The van der Waals surface area contributed by atoms with Crippen LogP contribution < -0.4 is 15.4 Å². The van der Waals surface area contributed by atoms with Crippen LogP contribution in [0.5, 0.6) is 5.75 Å². The van der Waals surface area contributed by atoms with Gasteiger partial charge in [0.05, 0.1) is 26.9 Å². The van der Waals surface area contributed by atoms with Gasteiger partial charge in [-0.25, -0.2) is 0 Å². The molecule has 1 heterocycles. The highest BCUT2D eigenvalue weighted by molar-refractivity contribution is 14.0. The zero-order chi connectivity index (χ0) is 20.2. The second-order valence-corrected chi connectivity index (χ2v) is 7.56. The lowest BCUT2D eigenvalue weighted by Crippen LogP contribution is -2.48. The highest BCUT2D eigenvalue weighted by Crippen LogP contribution is 2.14. The number of nitrogens with one attached hydrogen (secondary N) is 2.